The van der Waals surface area contributed by atoms with Crippen LogP contribution < -0.4 is 5.32 Å². The third-order valence-electron chi connectivity index (χ3n) is 6.61. The highest BCUT2D eigenvalue weighted by atomic mass is 79.9. The summed E-state index contributed by atoms with van der Waals surface area (Å²) in [5.74, 6) is -1.74. The van der Waals surface area contributed by atoms with Crippen LogP contribution in [0.5, 0.6) is 0 Å². The van der Waals surface area contributed by atoms with Gasteiger partial charge in [0.1, 0.15) is 22.8 Å². The average molecular weight is 754 g/mol. The molecule has 0 unspecified atom stereocenters. The van der Waals surface area contributed by atoms with Gasteiger partial charge < -0.3 is 19.7 Å². The zero-order chi connectivity index (χ0) is 33.1. The van der Waals surface area contributed by atoms with E-state index in [1.807, 2.05) is 24.3 Å². The number of amidine groups is 1. The van der Waals surface area contributed by atoms with Crippen LogP contribution in [0.4, 0.5) is 13.2 Å². The van der Waals surface area contributed by atoms with Crippen LogP contribution in [0, 0.1) is 0 Å². The van der Waals surface area contributed by atoms with Crippen molar-refractivity contribution in [2.24, 2.45) is 4.99 Å². The molecule has 1 amide bonds. The first-order valence-electron chi connectivity index (χ1n) is 13.2. The molecule has 0 spiro atoms. The zero-order valence-corrected chi connectivity index (χ0v) is 27.4. The van der Waals surface area contributed by atoms with Crippen molar-refractivity contribution < 1.29 is 40.7 Å². The molecule has 1 aromatic heterocycles. The van der Waals surface area contributed by atoms with Crippen molar-refractivity contribution in [2.45, 2.75) is 43.0 Å². The first-order chi connectivity index (χ1) is 21.1. The fraction of sp³-hybridized carbons (Fsp3) is 0.321. The Balaban J connectivity index is 0.000000591. The summed E-state index contributed by atoms with van der Waals surface area (Å²) in [6, 6.07) is 12.3. The second kappa shape index (κ2) is 14.1. The summed E-state index contributed by atoms with van der Waals surface area (Å²) in [5.41, 5.74) is 2.33. The van der Waals surface area contributed by atoms with Gasteiger partial charge in [0.15, 0.2) is 0 Å². The van der Waals surface area contributed by atoms with Crippen LogP contribution >= 0.6 is 39.1 Å². The van der Waals surface area contributed by atoms with Gasteiger partial charge >= 0.3 is 12.1 Å². The maximum absolute atomic E-state index is 13.5. The Labute approximate surface area is 275 Å². The number of aliphatic imine (C=N–C) groups is 1. The van der Waals surface area contributed by atoms with Gasteiger partial charge in [-0.25, -0.2) is 13.2 Å². The number of hydrogen-bond acceptors (Lipinski definition) is 7. The summed E-state index contributed by atoms with van der Waals surface area (Å²) in [7, 11) is -2.30. The Morgan fingerprint density at radius 1 is 1.11 bits per heavy atom. The number of alkyl halides is 3. The summed E-state index contributed by atoms with van der Waals surface area (Å²) in [5, 5.41) is 10.4. The van der Waals surface area contributed by atoms with Crippen molar-refractivity contribution in [3.05, 3.63) is 85.7 Å². The standard InChI is InChI=1S/C26H25BrCl2N4O4S.C2HF3O2/c1-32(13-16-2-4-17(5-3-16)25-30-8-9-31-25)26(34)18-10-21(37-15-18)14-33(20-6-7-20)38(35,36)24-22(28)11-19(27)12-23(24)29;3-2(4,5)1(6)7/h2-5,10-12,15,20H,6-9,13-14H2,1H3,(H,30,31);(H,6,7). The summed E-state index contributed by atoms with van der Waals surface area (Å²) in [6.45, 7) is 1.99. The van der Waals surface area contributed by atoms with Gasteiger partial charge in [0.05, 0.1) is 28.7 Å². The molecule has 2 aromatic carbocycles. The van der Waals surface area contributed by atoms with Gasteiger partial charge in [0, 0.05) is 36.2 Å². The van der Waals surface area contributed by atoms with E-state index < -0.39 is 22.2 Å². The number of amides is 1. The van der Waals surface area contributed by atoms with Crippen LogP contribution in [0.1, 0.15) is 40.1 Å². The van der Waals surface area contributed by atoms with E-state index in [-0.39, 0.29) is 33.4 Å². The molecule has 1 saturated carbocycles. The molecular weight excluding hydrogens is 728 g/mol. The van der Waals surface area contributed by atoms with Crippen molar-refractivity contribution in [3.63, 3.8) is 0 Å². The molecule has 1 aliphatic carbocycles. The maximum atomic E-state index is 13.5. The van der Waals surface area contributed by atoms with Gasteiger partial charge in [-0.15, -0.1) is 0 Å². The summed E-state index contributed by atoms with van der Waals surface area (Å²) in [4.78, 5) is 27.8. The van der Waals surface area contributed by atoms with Crippen LogP contribution in [0.3, 0.4) is 0 Å². The number of carboxylic acid groups (broad SMARTS) is 1. The predicted octanol–water partition coefficient (Wildman–Crippen LogP) is 5.96. The van der Waals surface area contributed by atoms with Crippen LogP contribution in [-0.2, 0) is 27.9 Å². The van der Waals surface area contributed by atoms with Crippen LogP contribution in [0.25, 0.3) is 0 Å². The molecule has 10 nitrogen and oxygen atoms in total. The van der Waals surface area contributed by atoms with E-state index in [2.05, 4.69) is 26.2 Å². The van der Waals surface area contributed by atoms with E-state index in [1.54, 1.807) is 18.0 Å². The molecule has 0 saturated heterocycles. The number of rotatable bonds is 9. The number of benzene rings is 2. The van der Waals surface area contributed by atoms with Crippen molar-refractivity contribution in [2.75, 3.05) is 20.1 Å². The molecular formula is C28H26BrCl2F3N4O6S. The molecule has 2 aliphatic rings. The monoisotopic (exact) mass is 752 g/mol. The smallest absolute Gasteiger partial charge is 0.475 e. The van der Waals surface area contributed by atoms with Gasteiger partial charge in [-0.2, -0.15) is 17.5 Å². The number of carbonyl (C=O) groups excluding carboxylic acids is 1. The molecule has 0 radical (unpaired) electrons. The Hall–Kier alpha value is -3.11. The van der Waals surface area contributed by atoms with E-state index in [1.165, 1.54) is 22.7 Å². The fourth-order valence-electron chi connectivity index (χ4n) is 4.32. The lowest BCUT2D eigenvalue weighted by Gasteiger charge is -2.22. The molecule has 0 atom stereocenters. The number of carboxylic acids is 1. The van der Waals surface area contributed by atoms with Gasteiger partial charge in [-0.3, -0.25) is 9.79 Å². The van der Waals surface area contributed by atoms with Crippen molar-refractivity contribution in [3.8, 4) is 0 Å². The van der Waals surface area contributed by atoms with Crippen molar-refractivity contribution in [1.29, 1.82) is 0 Å². The highest BCUT2D eigenvalue weighted by Gasteiger charge is 2.41. The lowest BCUT2D eigenvalue weighted by molar-refractivity contribution is -0.192. The minimum atomic E-state index is -5.08. The molecule has 3 aromatic rings. The van der Waals surface area contributed by atoms with E-state index in [0.29, 0.717) is 22.3 Å². The second-order valence-electron chi connectivity index (χ2n) is 10.1. The number of furan rings is 1. The fourth-order valence-corrected chi connectivity index (χ4v) is 7.86. The topological polar surface area (TPSA) is 133 Å². The molecule has 1 aliphatic heterocycles. The highest BCUT2D eigenvalue weighted by Crippen LogP contribution is 2.40. The Kier molecular flexibility index (Phi) is 10.9. The van der Waals surface area contributed by atoms with Gasteiger partial charge in [-0.05, 0) is 36.6 Å². The molecule has 0 bridgehead atoms. The lowest BCUT2D eigenvalue weighted by Crippen LogP contribution is -2.33. The number of sulfonamides is 1. The maximum Gasteiger partial charge on any atom is 0.490 e. The quantitative estimate of drug-likeness (QED) is 0.276. The molecule has 45 heavy (non-hydrogen) atoms. The number of halogens is 6. The predicted molar refractivity (Wildman–Crippen MR) is 164 cm³/mol. The van der Waals surface area contributed by atoms with Gasteiger partial charge in [0.2, 0.25) is 10.0 Å². The molecule has 2 heterocycles. The van der Waals surface area contributed by atoms with Crippen LogP contribution in [0.15, 0.2) is 67.5 Å². The molecule has 5 rings (SSSR count). The van der Waals surface area contributed by atoms with Crippen molar-refractivity contribution >= 4 is 66.9 Å². The molecule has 242 valence electrons. The largest absolute Gasteiger partial charge is 0.490 e. The highest BCUT2D eigenvalue weighted by molar-refractivity contribution is 9.10. The van der Waals surface area contributed by atoms with E-state index in [0.717, 1.165) is 42.9 Å². The number of carbonyl (C=O) groups is 2. The summed E-state index contributed by atoms with van der Waals surface area (Å²) < 4.78 is 66.4. The molecule has 2 N–H and O–H groups in total. The normalized spacial score (nSPS) is 14.8. The van der Waals surface area contributed by atoms with Crippen LogP contribution in [0.2, 0.25) is 10.0 Å². The van der Waals surface area contributed by atoms with E-state index in [4.69, 9.17) is 37.5 Å². The SMILES string of the molecule is CN(Cc1ccc(C2=NCCN2)cc1)C(=O)c1coc(CN(C2CC2)S(=O)(=O)c2c(Cl)cc(Br)cc2Cl)c1.O=C(O)C(F)(F)F. The van der Waals surface area contributed by atoms with Crippen LogP contribution in [-0.4, -0.2) is 72.8 Å². The number of nitrogens with zero attached hydrogens (tertiary/aromatic N) is 3. The number of hydrogen-bond donors (Lipinski definition) is 2. The third kappa shape index (κ3) is 8.79. The Morgan fingerprint density at radius 2 is 1.71 bits per heavy atom. The lowest BCUT2D eigenvalue weighted by atomic mass is 10.1. The Morgan fingerprint density at radius 3 is 2.22 bits per heavy atom. The van der Waals surface area contributed by atoms with E-state index in [9.17, 15) is 26.4 Å². The van der Waals surface area contributed by atoms with Gasteiger partial charge in [-0.1, -0.05) is 63.4 Å². The zero-order valence-electron chi connectivity index (χ0n) is 23.4. The molecule has 1 fully saturated rings. The average Bonchev–Trinajstić information content (AvgIpc) is 3.42. The van der Waals surface area contributed by atoms with Gasteiger partial charge in [0.25, 0.3) is 5.91 Å². The number of nitrogens with one attached hydrogen (secondary N) is 1. The first kappa shape index (κ1) is 34.8. The van der Waals surface area contributed by atoms with E-state index >= 15 is 0 Å². The van der Waals surface area contributed by atoms with Crippen molar-refractivity contribution in [1.82, 2.24) is 14.5 Å². The Bertz CT molecular complexity index is 1690. The minimum Gasteiger partial charge on any atom is -0.475 e. The second-order valence-corrected chi connectivity index (χ2v) is 13.7. The summed E-state index contributed by atoms with van der Waals surface area (Å²) in [6.07, 6.45) is -2.27. The minimum absolute atomic E-state index is 0.0347. The number of aliphatic carboxylic acids is 1. The first-order valence-corrected chi connectivity index (χ1v) is 16.2. The summed E-state index contributed by atoms with van der Waals surface area (Å²) >= 11 is 15.8. The third-order valence-corrected chi connectivity index (χ3v) is 9.89. The molecule has 17 heteroatoms.